The molecule has 1 aromatic rings. The number of aliphatic hydroxyl groups excluding tert-OH is 3. The molecule has 2 rings (SSSR count). The highest BCUT2D eigenvalue weighted by molar-refractivity contribution is 5.44. The lowest BCUT2D eigenvalue weighted by Crippen LogP contribution is -2.61. The molecule has 0 radical (unpaired) electrons. The summed E-state index contributed by atoms with van der Waals surface area (Å²) in [4.78, 5) is 0. The third-order valence-electron chi connectivity index (χ3n) is 3.22. The highest BCUT2D eigenvalue weighted by atomic mass is 16.7. The van der Waals surface area contributed by atoms with E-state index in [-0.39, 0.29) is 6.61 Å². The van der Waals surface area contributed by atoms with Gasteiger partial charge in [-0.25, -0.2) is 0 Å². The van der Waals surface area contributed by atoms with Crippen molar-refractivity contribution in [3.63, 3.8) is 0 Å². The van der Waals surface area contributed by atoms with Crippen molar-refractivity contribution in [1.29, 1.82) is 0 Å². The smallest absolute Gasteiger partial charge is 0.185 e. The molecule has 1 aliphatic heterocycles. The Labute approximate surface area is 111 Å². The van der Waals surface area contributed by atoms with Gasteiger partial charge in [0.15, 0.2) is 6.29 Å². The van der Waals surface area contributed by atoms with Crippen LogP contribution in [0.5, 0.6) is 0 Å². The lowest BCUT2D eigenvalue weighted by atomic mass is 9.96. The molecule has 0 spiro atoms. The van der Waals surface area contributed by atoms with Crippen molar-refractivity contribution >= 4 is 5.69 Å². The van der Waals surface area contributed by atoms with Crippen LogP contribution in [0.1, 0.15) is 0 Å². The van der Waals surface area contributed by atoms with E-state index in [1.165, 1.54) is 7.11 Å². The summed E-state index contributed by atoms with van der Waals surface area (Å²) in [6.45, 7) is -0.347. The molecule has 0 saturated carbocycles. The normalized spacial score (nSPS) is 35.1. The first kappa shape index (κ1) is 14.2. The van der Waals surface area contributed by atoms with Crippen LogP contribution in [0.2, 0.25) is 0 Å². The fourth-order valence-corrected chi connectivity index (χ4v) is 2.18. The van der Waals surface area contributed by atoms with E-state index in [1.807, 2.05) is 30.3 Å². The first-order valence-corrected chi connectivity index (χ1v) is 6.14. The molecule has 0 aromatic heterocycles. The average molecular weight is 269 g/mol. The lowest BCUT2D eigenvalue weighted by molar-refractivity contribution is -0.265. The molecule has 5 atom stereocenters. The van der Waals surface area contributed by atoms with Crippen LogP contribution in [-0.4, -0.2) is 59.7 Å². The van der Waals surface area contributed by atoms with Crippen molar-refractivity contribution in [2.24, 2.45) is 0 Å². The van der Waals surface area contributed by atoms with Crippen molar-refractivity contribution in [3.8, 4) is 0 Å². The minimum Gasteiger partial charge on any atom is -0.394 e. The molecule has 1 fully saturated rings. The highest BCUT2D eigenvalue weighted by Gasteiger charge is 2.44. The van der Waals surface area contributed by atoms with Gasteiger partial charge >= 0.3 is 0 Å². The summed E-state index contributed by atoms with van der Waals surface area (Å²) >= 11 is 0. The van der Waals surface area contributed by atoms with E-state index in [2.05, 4.69) is 5.32 Å². The van der Waals surface area contributed by atoms with Crippen LogP contribution in [0.4, 0.5) is 5.69 Å². The number of hydrogen-bond donors (Lipinski definition) is 4. The van der Waals surface area contributed by atoms with Crippen LogP contribution in [0.25, 0.3) is 0 Å². The molecule has 4 N–H and O–H groups in total. The quantitative estimate of drug-likeness (QED) is 0.592. The number of hydrogen-bond acceptors (Lipinski definition) is 6. The number of nitrogens with one attached hydrogen (secondary N) is 1. The molecule has 6 nitrogen and oxygen atoms in total. The van der Waals surface area contributed by atoms with E-state index < -0.39 is 30.6 Å². The molecule has 6 heteroatoms. The van der Waals surface area contributed by atoms with Gasteiger partial charge in [-0.3, -0.25) is 0 Å². The number of rotatable bonds is 4. The van der Waals surface area contributed by atoms with Gasteiger partial charge in [0, 0.05) is 12.8 Å². The van der Waals surface area contributed by atoms with Gasteiger partial charge in [-0.2, -0.15) is 0 Å². The van der Waals surface area contributed by atoms with Gasteiger partial charge in [0.1, 0.15) is 18.3 Å². The van der Waals surface area contributed by atoms with Gasteiger partial charge in [-0.15, -0.1) is 0 Å². The molecule has 1 aliphatic rings. The summed E-state index contributed by atoms with van der Waals surface area (Å²) < 4.78 is 10.3. The Morgan fingerprint density at radius 1 is 1.21 bits per heavy atom. The fraction of sp³-hybridized carbons (Fsp3) is 0.538. The minimum atomic E-state index is -1.04. The van der Waals surface area contributed by atoms with Crippen LogP contribution in [0.15, 0.2) is 30.3 Å². The van der Waals surface area contributed by atoms with Crippen LogP contribution in [0, 0.1) is 0 Å². The molecule has 19 heavy (non-hydrogen) atoms. The topological polar surface area (TPSA) is 91.2 Å². The fourth-order valence-electron chi connectivity index (χ4n) is 2.18. The van der Waals surface area contributed by atoms with Gasteiger partial charge in [0.2, 0.25) is 0 Å². The van der Waals surface area contributed by atoms with Crippen LogP contribution in [-0.2, 0) is 9.47 Å². The zero-order chi connectivity index (χ0) is 13.8. The van der Waals surface area contributed by atoms with Gasteiger partial charge in [-0.1, -0.05) is 18.2 Å². The maximum atomic E-state index is 10.1. The molecule has 0 bridgehead atoms. The second-order valence-corrected chi connectivity index (χ2v) is 4.48. The summed E-state index contributed by atoms with van der Waals surface area (Å²) in [6.07, 6.45) is -3.76. The van der Waals surface area contributed by atoms with E-state index in [0.717, 1.165) is 5.69 Å². The van der Waals surface area contributed by atoms with Crippen LogP contribution >= 0.6 is 0 Å². The van der Waals surface area contributed by atoms with Crippen molar-refractivity contribution < 1.29 is 24.8 Å². The molecule has 0 aliphatic carbocycles. The van der Waals surface area contributed by atoms with Crippen molar-refractivity contribution in [2.75, 3.05) is 19.0 Å². The minimum absolute atomic E-state index is 0.347. The number of anilines is 1. The Hall–Kier alpha value is -1.18. The average Bonchev–Trinajstić information content (AvgIpc) is 2.45. The molecule has 106 valence electrons. The predicted molar refractivity (Wildman–Crippen MR) is 68.6 cm³/mol. The molecule has 1 saturated heterocycles. The lowest BCUT2D eigenvalue weighted by Gasteiger charge is -2.42. The molecule has 0 unspecified atom stereocenters. The number of benzene rings is 1. The van der Waals surface area contributed by atoms with E-state index in [9.17, 15) is 15.3 Å². The summed E-state index contributed by atoms with van der Waals surface area (Å²) in [5.41, 5.74) is 0.763. The van der Waals surface area contributed by atoms with Gasteiger partial charge in [0.25, 0.3) is 0 Å². The van der Waals surface area contributed by atoms with Crippen LogP contribution < -0.4 is 5.32 Å². The molecule has 1 aromatic carbocycles. The second-order valence-electron chi connectivity index (χ2n) is 4.48. The van der Waals surface area contributed by atoms with Crippen molar-refractivity contribution in [3.05, 3.63) is 30.3 Å². The van der Waals surface area contributed by atoms with Crippen LogP contribution in [0.3, 0.4) is 0 Å². The molecular formula is C13H19NO5. The third-order valence-corrected chi connectivity index (χ3v) is 3.22. The summed E-state index contributed by atoms with van der Waals surface area (Å²) in [5, 5.41) is 32.5. The third kappa shape index (κ3) is 3.05. The monoisotopic (exact) mass is 269 g/mol. The van der Waals surface area contributed by atoms with Gasteiger partial charge in [0.05, 0.1) is 12.6 Å². The maximum absolute atomic E-state index is 10.1. The zero-order valence-electron chi connectivity index (χ0n) is 10.6. The van der Waals surface area contributed by atoms with E-state index in [4.69, 9.17) is 9.47 Å². The zero-order valence-corrected chi connectivity index (χ0v) is 10.6. The van der Waals surface area contributed by atoms with Crippen molar-refractivity contribution in [2.45, 2.75) is 30.6 Å². The van der Waals surface area contributed by atoms with E-state index in [1.54, 1.807) is 0 Å². The second kappa shape index (κ2) is 6.31. The van der Waals surface area contributed by atoms with Gasteiger partial charge < -0.3 is 30.1 Å². The Morgan fingerprint density at radius 2 is 1.89 bits per heavy atom. The van der Waals surface area contributed by atoms with Crippen molar-refractivity contribution in [1.82, 2.24) is 0 Å². The predicted octanol–water partition coefficient (Wildman–Crippen LogP) is -0.448. The SMILES string of the molecule is CO[C@@H]1O[C@H](CO)[C@H](O)[C@@H](Nc2ccccc2)[C@H]1O. The Morgan fingerprint density at radius 3 is 2.47 bits per heavy atom. The summed E-state index contributed by atoms with van der Waals surface area (Å²) in [6, 6.07) is 8.53. The van der Waals surface area contributed by atoms with Gasteiger partial charge in [-0.05, 0) is 12.1 Å². The Balaban J connectivity index is 2.15. The number of methoxy groups -OCH3 is 1. The number of ether oxygens (including phenoxy) is 2. The largest absolute Gasteiger partial charge is 0.394 e. The first-order chi connectivity index (χ1) is 9.17. The Kier molecular flexibility index (Phi) is 4.73. The first-order valence-electron chi connectivity index (χ1n) is 6.14. The highest BCUT2D eigenvalue weighted by Crippen LogP contribution is 2.24. The number of para-hydroxylation sites is 1. The standard InChI is InChI=1S/C13H19NO5/c1-18-13-12(17)10(11(16)9(7-15)19-13)14-8-5-3-2-4-6-8/h2-6,9-17H,7H2,1H3/t9-,10-,11+,12-,13-/m1/s1. The number of aliphatic hydroxyl groups is 3. The molecule has 0 amide bonds. The Bertz CT molecular complexity index is 372. The maximum Gasteiger partial charge on any atom is 0.185 e. The van der Waals surface area contributed by atoms with E-state index >= 15 is 0 Å². The van der Waals surface area contributed by atoms with E-state index in [0.29, 0.717) is 0 Å². The summed E-state index contributed by atoms with van der Waals surface area (Å²) in [7, 11) is 1.40. The summed E-state index contributed by atoms with van der Waals surface area (Å²) in [5.74, 6) is 0. The molecule has 1 heterocycles. The molecular weight excluding hydrogens is 250 g/mol.